The van der Waals surface area contributed by atoms with Gasteiger partial charge in [-0.2, -0.15) is 0 Å². The van der Waals surface area contributed by atoms with Crippen LogP contribution in [0.2, 0.25) is 0 Å². The number of unbranched alkanes of at least 4 members (excludes halogenated alkanes) is 2. The molecule has 0 aliphatic rings. The summed E-state index contributed by atoms with van der Waals surface area (Å²) in [4.78, 5) is 16.3. The number of carbonyl (C=O) groups excluding carboxylic acids is 1. The maximum atomic E-state index is 13.2. The van der Waals surface area contributed by atoms with Crippen molar-refractivity contribution >= 4 is 50.1 Å². The Kier molecular flexibility index (Phi) is 10.5. The smallest absolute Gasteiger partial charge is 0.305 e. The van der Waals surface area contributed by atoms with Crippen LogP contribution in [0.25, 0.3) is 10.9 Å². The minimum absolute atomic E-state index is 0.0348. The van der Waals surface area contributed by atoms with E-state index in [-0.39, 0.29) is 29.2 Å². The van der Waals surface area contributed by atoms with E-state index in [1.54, 1.807) is 19.1 Å². The molecular formula is C27H32Cl2N2O4S. The van der Waals surface area contributed by atoms with Crippen molar-refractivity contribution in [2.75, 3.05) is 13.2 Å². The van der Waals surface area contributed by atoms with Gasteiger partial charge in [-0.1, -0.05) is 36.8 Å². The maximum absolute atomic E-state index is 13.2. The molecule has 9 heteroatoms. The molecule has 0 saturated heterocycles. The van der Waals surface area contributed by atoms with E-state index in [0.29, 0.717) is 44.3 Å². The quantitative estimate of drug-likeness (QED) is 0.160. The number of rotatable bonds is 13. The van der Waals surface area contributed by atoms with Gasteiger partial charge in [-0.3, -0.25) is 9.78 Å². The zero-order valence-corrected chi connectivity index (χ0v) is 23.0. The standard InChI is InChI=1S/C27H32Cl2N2O4S/c1-3-35-26(32)10-5-4-6-15-30-36(33,34)25-14-13-22(17-28)23(24(25)18-29)16-21-9-7-8-20-12-11-19(2)31-27(20)21/h7-9,11-14,30H,3-6,10,15-18H2,1-2H3. The van der Waals surface area contributed by atoms with Crippen LogP contribution in [0.5, 0.6) is 0 Å². The number of sulfonamides is 1. The van der Waals surface area contributed by atoms with Crippen LogP contribution in [-0.2, 0) is 37.7 Å². The summed E-state index contributed by atoms with van der Waals surface area (Å²) in [5.41, 5.74) is 4.98. The number of halogens is 2. The van der Waals surface area contributed by atoms with Gasteiger partial charge in [0.25, 0.3) is 0 Å². The highest BCUT2D eigenvalue weighted by molar-refractivity contribution is 7.89. The van der Waals surface area contributed by atoms with Gasteiger partial charge >= 0.3 is 5.97 Å². The summed E-state index contributed by atoms with van der Waals surface area (Å²) >= 11 is 12.6. The number of nitrogens with zero attached hydrogens (tertiary/aromatic N) is 1. The van der Waals surface area contributed by atoms with E-state index in [0.717, 1.165) is 33.3 Å². The summed E-state index contributed by atoms with van der Waals surface area (Å²) in [6.45, 7) is 4.35. The third kappa shape index (κ3) is 7.19. The van der Waals surface area contributed by atoms with Gasteiger partial charge in [-0.25, -0.2) is 13.1 Å². The van der Waals surface area contributed by atoms with E-state index in [4.69, 9.17) is 32.9 Å². The lowest BCUT2D eigenvalue weighted by Gasteiger charge is -2.18. The number of aryl methyl sites for hydroxylation is 1. The molecule has 2 aromatic carbocycles. The van der Waals surface area contributed by atoms with Gasteiger partial charge in [0.15, 0.2) is 0 Å². The van der Waals surface area contributed by atoms with E-state index in [1.807, 2.05) is 37.3 Å². The molecule has 1 heterocycles. The number of esters is 1. The molecule has 0 aliphatic carbocycles. The van der Waals surface area contributed by atoms with Crippen LogP contribution in [0.1, 0.15) is 60.6 Å². The number of ether oxygens (including phenoxy) is 1. The van der Waals surface area contributed by atoms with E-state index >= 15 is 0 Å². The summed E-state index contributed by atoms with van der Waals surface area (Å²) < 4.78 is 34.0. The predicted octanol–water partition coefficient (Wildman–Crippen LogP) is 6.01. The zero-order chi connectivity index (χ0) is 26.1. The molecule has 36 heavy (non-hydrogen) atoms. The number of alkyl halides is 2. The summed E-state index contributed by atoms with van der Waals surface area (Å²) in [6, 6.07) is 13.3. The summed E-state index contributed by atoms with van der Waals surface area (Å²) in [7, 11) is -3.79. The topological polar surface area (TPSA) is 85.4 Å². The van der Waals surface area contributed by atoms with Gasteiger partial charge in [-0.15, -0.1) is 23.2 Å². The van der Waals surface area contributed by atoms with Crippen molar-refractivity contribution < 1.29 is 17.9 Å². The van der Waals surface area contributed by atoms with Crippen molar-refractivity contribution in [3.05, 3.63) is 70.4 Å². The Hall–Kier alpha value is -2.19. The minimum Gasteiger partial charge on any atom is -0.466 e. The lowest BCUT2D eigenvalue weighted by Crippen LogP contribution is -2.26. The van der Waals surface area contributed by atoms with E-state index < -0.39 is 10.0 Å². The van der Waals surface area contributed by atoms with Crippen molar-refractivity contribution in [2.24, 2.45) is 0 Å². The second kappa shape index (κ2) is 13.4. The fourth-order valence-electron chi connectivity index (χ4n) is 4.19. The number of aromatic nitrogens is 1. The van der Waals surface area contributed by atoms with Crippen LogP contribution in [-0.4, -0.2) is 32.5 Å². The number of hydrogen-bond acceptors (Lipinski definition) is 5. The van der Waals surface area contributed by atoms with Crippen LogP contribution < -0.4 is 4.72 Å². The summed E-state index contributed by atoms with van der Waals surface area (Å²) in [6.07, 6.45) is 2.79. The van der Waals surface area contributed by atoms with Crippen LogP contribution in [0.15, 0.2) is 47.4 Å². The normalized spacial score (nSPS) is 11.7. The Balaban J connectivity index is 1.82. The van der Waals surface area contributed by atoms with Gasteiger partial charge < -0.3 is 4.74 Å². The highest BCUT2D eigenvalue weighted by atomic mass is 35.5. The monoisotopic (exact) mass is 550 g/mol. The van der Waals surface area contributed by atoms with Crippen LogP contribution >= 0.6 is 23.2 Å². The molecule has 0 unspecified atom stereocenters. The molecule has 0 amide bonds. The average Bonchev–Trinajstić information content (AvgIpc) is 2.86. The number of nitrogens with one attached hydrogen (secondary N) is 1. The Morgan fingerprint density at radius 1 is 0.972 bits per heavy atom. The molecule has 0 radical (unpaired) electrons. The van der Waals surface area contributed by atoms with Crippen LogP contribution in [0, 0.1) is 6.92 Å². The number of carbonyl (C=O) groups is 1. The molecule has 3 aromatic rings. The van der Waals surface area contributed by atoms with Crippen molar-refractivity contribution in [2.45, 2.75) is 62.6 Å². The second-order valence-electron chi connectivity index (χ2n) is 8.58. The third-order valence-corrected chi connectivity index (χ3v) is 8.12. The van der Waals surface area contributed by atoms with E-state index in [9.17, 15) is 13.2 Å². The molecule has 0 bridgehead atoms. The van der Waals surface area contributed by atoms with Crippen molar-refractivity contribution in [1.29, 1.82) is 0 Å². The highest BCUT2D eigenvalue weighted by Crippen LogP contribution is 2.30. The maximum Gasteiger partial charge on any atom is 0.305 e. The first-order chi connectivity index (χ1) is 17.3. The van der Waals surface area contributed by atoms with Crippen molar-refractivity contribution in [3.63, 3.8) is 0 Å². The number of pyridine rings is 1. The number of benzene rings is 2. The molecule has 0 saturated carbocycles. The first-order valence-corrected chi connectivity index (χ1v) is 14.6. The van der Waals surface area contributed by atoms with E-state index in [1.165, 1.54) is 0 Å². The molecule has 1 aromatic heterocycles. The lowest BCUT2D eigenvalue weighted by atomic mass is 9.94. The molecule has 0 aliphatic heterocycles. The zero-order valence-electron chi connectivity index (χ0n) is 20.6. The molecule has 3 rings (SSSR count). The first kappa shape index (κ1) is 28.4. The first-order valence-electron chi connectivity index (χ1n) is 12.1. The second-order valence-corrected chi connectivity index (χ2v) is 10.8. The summed E-state index contributed by atoms with van der Waals surface area (Å²) in [5, 5.41) is 1.02. The van der Waals surface area contributed by atoms with Gasteiger partial charge in [0.1, 0.15) is 0 Å². The summed E-state index contributed by atoms with van der Waals surface area (Å²) in [5.74, 6) is 0.0471. The van der Waals surface area contributed by atoms with Gasteiger partial charge in [0.2, 0.25) is 10.0 Å². The number of fused-ring (bicyclic) bond motifs is 1. The lowest BCUT2D eigenvalue weighted by molar-refractivity contribution is -0.143. The SMILES string of the molecule is CCOC(=O)CCCCCNS(=O)(=O)c1ccc(CCl)c(Cc2cccc3ccc(C)nc23)c1CCl. The van der Waals surface area contributed by atoms with Gasteiger partial charge in [0, 0.05) is 42.2 Å². The molecule has 0 spiro atoms. The fourth-order valence-corrected chi connectivity index (χ4v) is 6.16. The molecule has 0 atom stereocenters. The van der Waals surface area contributed by atoms with Crippen molar-refractivity contribution in [1.82, 2.24) is 9.71 Å². The highest BCUT2D eigenvalue weighted by Gasteiger charge is 2.23. The Morgan fingerprint density at radius 3 is 2.50 bits per heavy atom. The predicted molar refractivity (Wildman–Crippen MR) is 145 cm³/mol. The molecular weight excluding hydrogens is 519 g/mol. The number of hydrogen-bond donors (Lipinski definition) is 1. The fraction of sp³-hybridized carbons (Fsp3) is 0.407. The minimum atomic E-state index is -3.79. The van der Waals surface area contributed by atoms with Gasteiger partial charge in [0.05, 0.1) is 17.0 Å². The Morgan fingerprint density at radius 2 is 1.78 bits per heavy atom. The van der Waals surface area contributed by atoms with Gasteiger partial charge in [-0.05, 0) is 61.1 Å². The molecule has 1 N–H and O–H groups in total. The Bertz CT molecular complexity index is 1310. The largest absolute Gasteiger partial charge is 0.466 e. The molecule has 194 valence electrons. The average molecular weight is 552 g/mol. The van der Waals surface area contributed by atoms with E-state index in [2.05, 4.69) is 4.72 Å². The third-order valence-electron chi connectivity index (χ3n) is 6.02. The van der Waals surface area contributed by atoms with Crippen LogP contribution in [0.4, 0.5) is 0 Å². The molecule has 0 fully saturated rings. The molecule has 6 nitrogen and oxygen atoms in total. The van der Waals surface area contributed by atoms with Crippen molar-refractivity contribution in [3.8, 4) is 0 Å². The van der Waals surface area contributed by atoms with Crippen LogP contribution in [0.3, 0.4) is 0 Å². The number of para-hydroxylation sites is 1. The Labute approximate surface area is 223 Å².